The highest BCUT2D eigenvalue weighted by atomic mass is 19.1. The molecule has 1 N–H and O–H groups in total. The summed E-state index contributed by atoms with van der Waals surface area (Å²) < 4.78 is 26.3. The Morgan fingerprint density at radius 2 is 1.82 bits per heavy atom. The van der Waals surface area contributed by atoms with Crippen LogP contribution in [0, 0.1) is 11.7 Å². The molecule has 1 atom stereocenters. The third-order valence-electron chi connectivity index (χ3n) is 6.32. The van der Waals surface area contributed by atoms with Crippen molar-refractivity contribution in [3.8, 4) is 11.5 Å². The van der Waals surface area contributed by atoms with Crippen molar-refractivity contribution in [2.75, 3.05) is 18.2 Å². The fraction of sp³-hybridized carbons (Fsp3) is 0.286. The van der Waals surface area contributed by atoms with E-state index >= 15 is 0 Å². The van der Waals surface area contributed by atoms with Crippen molar-refractivity contribution in [2.24, 2.45) is 5.92 Å². The van der Waals surface area contributed by atoms with Crippen LogP contribution in [-0.2, 0) is 16.1 Å². The zero-order chi connectivity index (χ0) is 26.6. The van der Waals surface area contributed by atoms with Gasteiger partial charge in [0.2, 0.25) is 18.6 Å². The number of fused-ring (bicyclic) bond motifs is 2. The molecule has 0 fully saturated rings. The smallest absolute Gasteiger partial charge is 0.249 e. The van der Waals surface area contributed by atoms with Gasteiger partial charge in [-0.3, -0.25) is 14.5 Å². The summed E-state index contributed by atoms with van der Waals surface area (Å²) in [5.74, 6) is 0.154. The lowest BCUT2D eigenvalue weighted by molar-refractivity contribution is -0.127. The van der Waals surface area contributed by atoms with E-state index in [-0.39, 0.29) is 19.2 Å². The van der Waals surface area contributed by atoms with E-state index in [9.17, 15) is 14.0 Å². The SMILES string of the molecule is CC(C)CCNC(=O)[C@H](c1ccc(F)cc1)N(C(=O)Cn1nnc2ccccc21)c1ccc2c(c1)OCO2. The number of anilines is 1. The number of aromatic nitrogens is 3. The Morgan fingerprint density at radius 1 is 1.05 bits per heavy atom. The molecular weight excluding hydrogens is 489 g/mol. The number of carbonyl (C=O) groups excluding carboxylic acids is 2. The molecule has 196 valence electrons. The van der Waals surface area contributed by atoms with E-state index in [4.69, 9.17) is 9.47 Å². The lowest BCUT2D eigenvalue weighted by atomic mass is 10.0. The van der Waals surface area contributed by atoms with E-state index in [1.807, 2.05) is 24.3 Å². The van der Waals surface area contributed by atoms with E-state index < -0.39 is 17.8 Å². The molecule has 2 amide bonds. The van der Waals surface area contributed by atoms with Gasteiger partial charge in [-0.25, -0.2) is 9.07 Å². The number of benzene rings is 3. The van der Waals surface area contributed by atoms with Gasteiger partial charge in [0.15, 0.2) is 11.5 Å². The lowest BCUT2D eigenvalue weighted by Crippen LogP contribution is -2.45. The predicted molar refractivity (Wildman–Crippen MR) is 139 cm³/mol. The number of halogens is 1. The van der Waals surface area contributed by atoms with Gasteiger partial charge in [-0.1, -0.05) is 43.3 Å². The van der Waals surface area contributed by atoms with Crippen LogP contribution in [0.15, 0.2) is 66.7 Å². The molecule has 0 saturated heterocycles. The minimum absolute atomic E-state index is 0.0642. The second kappa shape index (κ2) is 10.9. The maximum atomic E-state index is 14.0. The fourth-order valence-electron chi connectivity index (χ4n) is 4.35. The van der Waals surface area contributed by atoms with Crippen molar-refractivity contribution in [2.45, 2.75) is 32.9 Å². The van der Waals surface area contributed by atoms with Crippen LogP contribution in [0.1, 0.15) is 31.9 Å². The van der Waals surface area contributed by atoms with Gasteiger partial charge in [-0.05, 0) is 54.3 Å². The summed E-state index contributed by atoms with van der Waals surface area (Å²) in [5.41, 5.74) is 2.22. The molecular formula is C28H28FN5O4. The Morgan fingerprint density at radius 3 is 2.61 bits per heavy atom. The van der Waals surface area contributed by atoms with Gasteiger partial charge in [0.05, 0.1) is 5.52 Å². The summed E-state index contributed by atoms with van der Waals surface area (Å²) in [6.07, 6.45) is 0.769. The number of nitrogens with zero attached hydrogens (tertiary/aromatic N) is 4. The molecule has 0 radical (unpaired) electrons. The van der Waals surface area contributed by atoms with Gasteiger partial charge in [-0.15, -0.1) is 5.10 Å². The van der Waals surface area contributed by atoms with Crippen molar-refractivity contribution in [1.29, 1.82) is 0 Å². The monoisotopic (exact) mass is 517 g/mol. The minimum atomic E-state index is -1.08. The van der Waals surface area contributed by atoms with Crippen LogP contribution >= 0.6 is 0 Å². The highest BCUT2D eigenvalue weighted by Crippen LogP contribution is 2.38. The summed E-state index contributed by atoms with van der Waals surface area (Å²) in [5, 5.41) is 11.2. The first-order valence-corrected chi connectivity index (χ1v) is 12.4. The van der Waals surface area contributed by atoms with Gasteiger partial charge in [0, 0.05) is 18.3 Å². The van der Waals surface area contributed by atoms with E-state index in [2.05, 4.69) is 29.5 Å². The average molecular weight is 518 g/mol. The Bertz CT molecular complexity index is 1450. The molecule has 1 aromatic heterocycles. The number of hydrogen-bond acceptors (Lipinski definition) is 6. The number of para-hydroxylation sites is 1. The maximum Gasteiger partial charge on any atom is 0.249 e. The Hall–Kier alpha value is -4.47. The van der Waals surface area contributed by atoms with Crippen LogP contribution in [0.3, 0.4) is 0 Å². The quantitative estimate of drug-likeness (QED) is 0.357. The predicted octanol–water partition coefficient (Wildman–Crippen LogP) is 4.24. The zero-order valence-electron chi connectivity index (χ0n) is 21.1. The van der Waals surface area contributed by atoms with E-state index in [1.165, 1.54) is 33.8 Å². The minimum Gasteiger partial charge on any atom is -0.454 e. The highest BCUT2D eigenvalue weighted by molar-refractivity contribution is 6.01. The van der Waals surface area contributed by atoms with Gasteiger partial charge < -0.3 is 14.8 Å². The summed E-state index contributed by atoms with van der Waals surface area (Å²) in [6, 6.07) is 16.9. The van der Waals surface area contributed by atoms with Gasteiger partial charge in [0.1, 0.15) is 23.9 Å². The van der Waals surface area contributed by atoms with E-state index in [0.717, 1.165) is 6.42 Å². The lowest BCUT2D eigenvalue weighted by Gasteiger charge is -2.31. The number of ether oxygens (including phenoxy) is 2. The Labute approximate surface area is 219 Å². The topological polar surface area (TPSA) is 98.6 Å². The van der Waals surface area contributed by atoms with Crippen LogP contribution in [0.2, 0.25) is 0 Å². The first-order valence-electron chi connectivity index (χ1n) is 12.4. The van der Waals surface area contributed by atoms with E-state index in [0.29, 0.717) is 46.2 Å². The van der Waals surface area contributed by atoms with Crippen LogP contribution in [-0.4, -0.2) is 40.1 Å². The second-order valence-corrected chi connectivity index (χ2v) is 9.46. The molecule has 0 saturated carbocycles. The maximum absolute atomic E-state index is 14.0. The van der Waals surface area contributed by atoms with Crippen molar-refractivity contribution in [3.63, 3.8) is 0 Å². The molecule has 0 bridgehead atoms. The molecule has 1 aliphatic heterocycles. The summed E-state index contributed by atoms with van der Waals surface area (Å²) in [4.78, 5) is 29.1. The average Bonchev–Trinajstić information content (AvgIpc) is 3.54. The van der Waals surface area contributed by atoms with Crippen molar-refractivity contribution < 1.29 is 23.5 Å². The van der Waals surface area contributed by atoms with Crippen molar-refractivity contribution in [1.82, 2.24) is 20.3 Å². The first kappa shape index (κ1) is 25.2. The summed E-state index contributed by atoms with van der Waals surface area (Å²) in [7, 11) is 0. The first-order chi connectivity index (χ1) is 18.4. The molecule has 9 nitrogen and oxygen atoms in total. The molecule has 0 unspecified atom stereocenters. The number of amides is 2. The molecule has 5 rings (SSSR count). The second-order valence-electron chi connectivity index (χ2n) is 9.46. The summed E-state index contributed by atoms with van der Waals surface area (Å²) in [6.45, 7) is 4.45. The Kier molecular flexibility index (Phi) is 7.21. The molecule has 10 heteroatoms. The molecule has 0 spiro atoms. The van der Waals surface area contributed by atoms with Crippen LogP contribution in [0.4, 0.5) is 10.1 Å². The zero-order valence-corrected chi connectivity index (χ0v) is 21.1. The highest BCUT2D eigenvalue weighted by Gasteiger charge is 2.34. The van der Waals surface area contributed by atoms with Gasteiger partial charge >= 0.3 is 0 Å². The molecule has 4 aromatic rings. The van der Waals surface area contributed by atoms with Gasteiger partial charge in [-0.2, -0.15) is 0 Å². The van der Waals surface area contributed by atoms with Crippen molar-refractivity contribution >= 4 is 28.5 Å². The van der Waals surface area contributed by atoms with E-state index in [1.54, 1.807) is 18.2 Å². The molecule has 2 heterocycles. The molecule has 38 heavy (non-hydrogen) atoms. The Balaban J connectivity index is 1.57. The molecule has 3 aromatic carbocycles. The normalized spacial score (nSPS) is 13.1. The van der Waals surface area contributed by atoms with Crippen molar-refractivity contribution in [3.05, 3.63) is 78.1 Å². The standard InChI is InChI=1S/C28H28FN5O4/c1-18(2)13-14-30-28(36)27(19-7-9-20(29)10-8-19)34(21-11-12-24-25(15-21)38-17-37-24)26(35)16-33-23-6-4-3-5-22(23)31-32-33/h3-12,15,18,27H,13-14,16-17H2,1-2H3,(H,30,36)/t27-/m0/s1. The number of rotatable bonds is 9. The molecule has 1 aliphatic rings. The largest absolute Gasteiger partial charge is 0.454 e. The molecule has 0 aliphatic carbocycles. The third kappa shape index (κ3) is 5.29. The van der Waals surface area contributed by atoms with Crippen LogP contribution < -0.4 is 19.7 Å². The third-order valence-corrected chi connectivity index (χ3v) is 6.32. The fourth-order valence-corrected chi connectivity index (χ4v) is 4.35. The summed E-state index contributed by atoms with van der Waals surface area (Å²) >= 11 is 0. The van der Waals surface area contributed by atoms with Crippen LogP contribution in [0.25, 0.3) is 11.0 Å². The number of carbonyl (C=O) groups is 2. The number of hydrogen-bond donors (Lipinski definition) is 1. The van der Waals surface area contributed by atoms with Crippen LogP contribution in [0.5, 0.6) is 11.5 Å². The number of nitrogens with one attached hydrogen (secondary N) is 1. The van der Waals surface area contributed by atoms with Gasteiger partial charge in [0.25, 0.3) is 0 Å².